The van der Waals surface area contributed by atoms with Crippen molar-refractivity contribution in [2.75, 3.05) is 13.1 Å². The Morgan fingerprint density at radius 1 is 1.33 bits per heavy atom. The van der Waals surface area contributed by atoms with Crippen molar-refractivity contribution in [3.8, 4) is 0 Å². The van der Waals surface area contributed by atoms with Crippen LogP contribution in [0.5, 0.6) is 0 Å². The summed E-state index contributed by atoms with van der Waals surface area (Å²) in [5.41, 5.74) is 2.79. The first-order chi connectivity index (χ1) is 11.7. The number of hydrogen-bond acceptors (Lipinski definition) is 4. The highest BCUT2D eigenvalue weighted by Crippen LogP contribution is 2.19. The van der Waals surface area contributed by atoms with Gasteiger partial charge in [0.25, 0.3) is 0 Å². The summed E-state index contributed by atoms with van der Waals surface area (Å²) >= 11 is 0. The van der Waals surface area contributed by atoms with Crippen LogP contribution in [-0.2, 0) is 24.4 Å². The standard InChI is InChI=1S/C18H25FN4O/c1-3-23-18(14(2)20-21-23)12-22-10-6-8-16(11-22)24-13-15-7-4-5-9-17(15)19/h4-5,7,9,16H,3,6,8,10-13H2,1-2H3/t16-/m0/s1. The highest BCUT2D eigenvalue weighted by Gasteiger charge is 2.22. The van der Waals surface area contributed by atoms with E-state index in [-0.39, 0.29) is 11.9 Å². The van der Waals surface area contributed by atoms with Crippen LogP contribution in [0.25, 0.3) is 0 Å². The number of benzene rings is 1. The number of likely N-dealkylation sites (tertiary alicyclic amines) is 1. The van der Waals surface area contributed by atoms with Crippen LogP contribution in [0.4, 0.5) is 4.39 Å². The molecule has 0 radical (unpaired) electrons. The van der Waals surface area contributed by atoms with Crippen LogP contribution in [0, 0.1) is 12.7 Å². The molecule has 0 saturated carbocycles. The topological polar surface area (TPSA) is 43.2 Å². The molecule has 0 bridgehead atoms. The molecule has 130 valence electrons. The van der Waals surface area contributed by atoms with Crippen LogP contribution in [-0.4, -0.2) is 39.1 Å². The van der Waals surface area contributed by atoms with Crippen LogP contribution in [0.3, 0.4) is 0 Å². The Morgan fingerprint density at radius 3 is 2.96 bits per heavy atom. The van der Waals surface area contributed by atoms with Crippen LogP contribution < -0.4 is 0 Å². The highest BCUT2D eigenvalue weighted by atomic mass is 19.1. The first kappa shape index (κ1) is 17.0. The summed E-state index contributed by atoms with van der Waals surface area (Å²) in [4.78, 5) is 2.38. The van der Waals surface area contributed by atoms with Crippen LogP contribution in [0.15, 0.2) is 24.3 Å². The van der Waals surface area contributed by atoms with E-state index in [9.17, 15) is 4.39 Å². The van der Waals surface area contributed by atoms with Gasteiger partial charge in [-0.15, -0.1) is 5.10 Å². The Labute approximate surface area is 142 Å². The summed E-state index contributed by atoms with van der Waals surface area (Å²) in [5.74, 6) is -0.196. The third kappa shape index (κ3) is 3.99. The molecule has 1 aromatic carbocycles. The Kier molecular flexibility index (Phi) is 5.58. The van der Waals surface area contributed by atoms with Gasteiger partial charge in [0.15, 0.2) is 0 Å². The van der Waals surface area contributed by atoms with Gasteiger partial charge in [-0.05, 0) is 39.3 Å². The highest BCUT2D eigenvalue weighted by molar-refractivity contribution is 5.16. The van der Waals surface area contributed by atoms with Crippen molar-refractivity contribution >= 4 is 0 Å². The lowest BCUT2D eigenvalue weighted by Gasteiger charge is -2.32. The van der Waals surface area contributed by atoms with Crippen LogP contribution >= 0.6 is 0 Å². The van der Waals surface area contributed by atoms with Crippen molar-refractivity contribution in [2.45, 2.75) is 52.5 Å². The molecule has 1 saturated heterocycles. The van der Waals surface area contributed by atoms with Crippen molar-refractivity contribution in [1.82, 2.24) is 19.9 Å². The molecule has 2 heterocycles. The average Bonchev–Trinajstić information content (AvgIpc) is 2.95. The van der Waals surface area contributed by atoms with Crippen molar-refractivity contribution in [3.63, 3.8) is 0 Å². The van der Waals surface area contributed by atoms with Crippen molar-refractivity contribution in [3.05, 3.63) is 47.0 Å². The third-order valence-corrected chi connectivity index (χ3v) is 4.60. The van der Waals surface area contributed by atoms with E-state index < -0.39 is 0 Å². The molecule has 0 spiro atoms. The zero-order valence-corrected chi connectivity index (χ0v) is 14.4. The Bertz CT molecular complexity index is 673. The molecule has 0 amide bonds. The van der Waals surface area contributed by atoms with E-state index >= 15 is 0 Å². The van der Waals surface area contributed by atoms with Gasteiger partial charge in [0.2, 0.25) is 0 Å². The van der Waals surface area contributed by atoms with Gasteiger partial charge < -0.3 is 4.74 Å². The minimum absolute atomic E-state index is 0.143. The fourth-order valence-corrected chi connectivity index (χ4v) is 3.20. The maximum atomic E-state index is 13.7. The quantitative estimate of drug-likeness (QED) is 0.816. The zero-order chi connectivity index (χ0) is 16.9. The van der Waals surface area contributed by atoms with Gasteiger partial charge in [-0.2, -0.15) is 0 Å². The van der Waals surface area contributed by atoms with Crippen molar-refractivity contribution in [2.24, 2.45) is 0 Å². The van der Waals surface area contributed by atoms with E-state index in [1.165, 1.54) is 11.8 Å². The molecule has 1 aliphatic rings. The summed E-state index contributed by atoms with van der Waals surface area (Å²) in [6, 6.07) is 6.81. The lowest BCUT2D eigenvalue weighted by atomic mass is 10.1. The number of halogens is 1. The van der Waals surface area contributed by atoms with Gasteiger partial charge >= 0.3 is 0 Å². The predicted molar refractivity (Wildman–Crippen MR) is 89.9 cm³/mol. The number of ether oxygens (including phenoxy) is 1. The Balaban J connectivity index is 1.56. The summed E-state index contributed by atoms with van der Waals surface area (Å²) in [5, 5.41) is 8.34. The number of piperidine rings is 1. The normalized spacial score (nSPS) is 18.9. The summed E-state index contributed by atoms with van der Waals surface area (Å²) in [6.07, 6.45) is 2.26. The molecule has 3 rings (SSSR count). The Morgan fingerprint density at radius 2 is 2.17 bits per heavy atom. The first-order valence-corrected chi connectivity index (χ1v) is 8.63. The summed E-state index contributed by atoms with van der Waals surface area (Å²) < 4.78 is 21.6. The molecule has 1 aliphatic heterocycles. The zero-order valence-electron chi connectivity index (χ0n) is 14.4. The molecule has 6 heteroatoms. The molecule has 24 heavy (non-hydrogen) atoms. The smallest absolute Gasteiger partial charge is 0.128 e. The van der Waals surface area contributed by atoms with Crippen LogP contribution in [0.2, 0.25) is 0 Å². The molecule has 0 N–H and O–H groups in total. The number of hydrogen-bond donors (Lipinski definition) is 0. The molecule has 2 aromatic rings. The molecule has 0 aliphatic carbocycles. The number of rotatable bonds is 6. The van der Waals surface area contributed by atoms with Crippen LogP contribution in [0.1, 0.15) is 36.7 Å². The molecular formula is C18H25FN4O. The molecule has 0 unspecified atom stereocenters. The van der Waals surface area contributed by atoms with Crippen molar-refractivity contribution in [1.29, 1.82) is 0 Å². The van der Waals surface area contributed by atoms with Gasteiger partial charge in [-0.25, -0.2) is 9.07 Å². The maximum absolute atomic E-state index is 13.7. The number of aromatic nitrogens is 3. The molecular weight excluding hydrogens is 307 g/mol. The van der Waals surface area contributed by atoms with E-state index in [0.717, 1.165) is 44.7 Å². The summed E-state index contributed by atoms with van der Waals surface area (Å²) in [6.45, 7) is 8.00. The molecule has 5 nitrogen and oxygen atoms in total. The summed E-state index contributed by atoms with van der Waals surface area (Å²) in [7, 11) is 0. The van der Waals surface area contributed by atoms with E-state index in [2.05, 4.69) is 22.1 Å². The van der Waals surface area contributed by atoms with Gasteiger partial charge in [-0.1, -0.05) is 23.4 Å². The lowest BCUT2D eigenvalue weighted by Crippen LogP contribution is -2.39. The second kappa shape index (κ2) is 7.85. The van der Waals surface area contributed by atoms with E-state index in [0.29, 0.717) is 12.2 Å². The number of aryl methyl sites for hydroxylation is 2. The van der Waals surface area contributed by atoms with Crippen molar-refractivity contribution < 1.29 is 9.13 Å². The number of nitrogens with zero attached hydrogens (tertiary/aromatic N) is 4. The lowest BCUT2D eigenvalue weighted by molar-refractivity contribution is -0.0135. The predicted octanol–water partition coefficient (Wildman–Crippen LogP) is 2.93. The average molecular weight is 332 g/mol. The van der Waals surface area contributed by atoms with Gasteiger partial charge in [0.05, 0.1) is 24.1 Å². The van der Waals surface area contributed by atoms with Gasteiger partial charge in [0.1, 0.15) is 5.82 Å². The fourth-order valence-electron chi connectivity index (χ4n) is 3.20. The first-order valence-electron chi connectivity index (χ1n) is 8.63. The van der Waals surface area contributed by atoms with Gasteiger partial charge in [0, 0.05) is 25.2 Å². The molecule has 1 atom stereocenters. The minimum Gasteiger partial charge on any atom is -0.372 e. The SMILES string of the molecule is CCn1nnc(C)c1CN1CCC[C@H](OCc2ccccc2F)C1. The van der Waals surface area contributed by atoms with Gasteiger partial charge in [-0.3, -0.25) is 4.90 Å². The van der Waals surface area contributed by atoms with E-state index in [4.69, 9.17) is 4.74 Å². The Hall–Kier alpha value is -1.79. The second-order valence-electron chi connectivity index (χ2n) is 6.34. The maximum Gasteiger partial charge on any atom is 0.128 e. The van der Waals surface area contributed by atoms with E-state index in [1.54, 1.807) is 12.1 Å². The van der Waals surface area contributed by atoms with E-state index in [1.807, 2.05) is 17.7 Å². The fraction of sp³-hybridized carbons (Fsp3) is 0.556. The third-order valence-electron chi connectivity index (χ3n) is 4.60. The largest absolute Gasteiger partial charge is 0.372 e. The second-order valence-corrected chi connectivity index (χ2v) is 6.34. The minimum atomic E-state index is -0.196. The molecule has 1 aromatic heterocycles. The molecule has 1 fully saturated rings. The monoisotopic (exact) mass is 332 g/mol.